The van der Waals surface area contributed by atoms with Gasteiger partial charge >= 0.3 is 0 Å². The molecule has 0 saturated carbocycles. The van der Waals surface area contributed by atoms with Gasteiger partial charge in [-0.2, -0.15) is 0 Å². The molecule has 37 heavy (non-hydrogen) atoms. The van der Waals surface area contributed by atoms with Crippen LogP contribution in [0.5, 0.6) is 0 Å². The largest absolute Gasteiger partial charge is 0.276 e. The summed E-state index contributed by atoms with van der Waals surface area (Å²) in [6.45, 7) is 11.3. The van der Waals surface area contributed by atoms with Crippen LogP contribution in [0, 0.1) is 13.8 Å². The molecule has 5 nitrogen and oxygen atoms in total. The van der Waals surface area contributed by atoms with Crippen molar-refractivity contribution in [2.45, 2.75) is 40.0 Å². The van der Waals surface area contributed by atoms with Crippen LogP contribution < -0.4 is 0 Å². The lowest BCUT2D eigenvalue weighted by Crippen LogP contribution is -2.12. The fourth-order valence-corrected chi connectivity index (χ4v) is 6.26. The molecule has 4 aromatic heterocycles. The minimum atomic E-state index is 0.107. The van der Waals surface area contributed by atoms with Gasteiger partial charge in [0.2, 0.25) is 11.6 Å². The molecule has 0 aliphatic heterocycles. The van der Waals surface area contributed by atoms with E-state index in [9.17, 15) is 0 Å². The van der Waals surface area contributed by atoms with E-state index in [1.165, 1.54) is 27.8 Å². The van der Waals surface area contributed by atoms with E-state index in [0.717, 1.165) is 50.2 Å². The Balaban J connectivity index is 1.59. The zero-order chi connectivity index (χ0) is 25.2. The van der Waals surface area contributed by atoms with Crippen LogP contribution >= 0.6 is 0 Å². The first-order valence-electron chi connectivity index (χ1n) is 12.9. The summed E-state index contributed by atoms with van der Waals surface area (Å²) < 4.78 is 6.83. The molecule has 0 aliphatic carbocycles. The number of rotatable bonds is 1. The predicted molar refractivity (Wildman–Crippen MR) is 152 cm³/mol. The third-order valence-corrected chi connectivity index (χ3v) is 7.95. The Bertz CT molecular complexity index is 2060. The van der Waals surface area contributed by atoms with Gasteiger partial charge in [-0.05, 0) is 83.5 Å². The third kappa shape index (κ3) is 2.58. The van der Waals surface area contributed by atoms with Gasteiger partial charge in [-0.3, -0.25) is 8.80 Å². The molecular weight excluding hydrogens is 454 g/mol. The zero-order valence-electron chi connectivity index (χ0n) is 21.7. The Morgan fingerprint density at radius 1 is 0.595 bits per heavy atom. The summed E-state index contributed by atoms with van der Waals surface area (Å²) in [5, 5.41) is 0. The van der Waals surface area contributed by atoms with E-state index >= 15 is 0 Å². The molecule has 0 radical (unpaired) electrons. The zero-order valence-corrected chi connectivity index (χ0v) is 21.7. The highest BCUT2D eigenvalue weighted by Crippen LogP contribution is 2.40. The van der Waals surface area contributed by atoms with Crippen LogP contribution in [0.4, 0.5) is 0 Å². The van der Waals surface area contributed by atoms with Gasteiger partial charge in [0, 0.05) is 0 Å². The smallest absolute Gasteiger partial charge is 0.223 e. The molecule has 0 amide bonds. The molecule has 0 bridgehead atoms. The number of fused-ring (bicyclic) bond motifs is 10. The number of para-hydroxylation sites is 4. The molecule has 0 N–H and O–H groups in total. The first kappa shape index (κ1) is 20.8. The molecule has 0 fully saturated rings. The summed E-state index contributed by atoms with van der Waals surface area (Å²) in [5.74, 6) is 1.81. The Morgan fingerprint density at radius 3 is 1.57 bits per heavy atom. The highest BCUT2D eigenvalue weighted by Gasteiger charge is 2.25. The summed E-state index contributed by atoms with van der Waals surface area (Å²) in [6, 6.07) is 26.2. The average molecular weight is 482 g/mol. The Hall–Kier alpha value is -4.38. The lowest BCUT2D eigenvalue weighted by atomic mass is 9.82. The van der Waals surface area contributed by atoms with Crippen molar-refractivity contribution in [3.63, 3.8) is 0 Å². The molecule has 0 spiro atoms. The van der Waals surface area contributed by atoms with Crippen molar-refractivity contribution in [3.05, 3.63) is 89.5 Å². The van der Waals surface area contributed by atoms with Gasteiger partial charge in [0.1, 0.15) is 5.52 Å². The Kier molecular flexibility index (Phi) is 3.75. The second-order valence-electron chi connectivity index (χ2n) is 11.4. The quantitative estimate of drug-likeness (QED) is 0.241. The number of aryl methyl sites for hydroxylation is 2. The molecule has 4 aromatic carbocycles. The van der Waals surface area contributed by atoms with E-state index < -0.39 is 0 Å². The molecule has 180 valence electrons. The highest BCUT2D eigenvalue weighted by atomic mass is 15.3. The van der Waals surface area contributed by atoms with Crippen molar-refractivity contribution >= 4 is 50.2 Å². The lowest BCUT2D eigenvalue weighted by molar-refractivity contribution is 0.589. The van der Waals surface area contributed by atoms with E-state index in [2.05, 4.69) is 121 Å². The van der Waals surface area contributed by atoms with Crippen molar-refractivity contribution in [2.75, 3.05) is 0 Å². The maximum absolute atomic E-state index is 5.07. The van der Waals surface area contributed by atoms with Crippen LogP contribution in [0.1, 0.15) is 37.5 Å². The molecule has 4 heterocycles. The molecule has 0 aliphatic rings. The number of hydrogen-bond donors (Lipinski definition) is 0. The molecular formula is C32H27N5. The van der Waals surface area contributed by atoms with Gasteiger partial charge in [0.25, 0.3) is 0 Å². The van der Waals surface area contributed by atoms with Crippen LogP contribution in [-0.4, -0.2) is 23.2 Å². The molecule has 8 rings (SSSR count). The normalized spacial score (nSPS) is 13.0. The minimum absolute atomic E-state index is 0.107. The topological polar surface area (TPSA) is 39.0 Å². The lowest BCUT2D eigenvalue weighted by Gasteiger charge is -2.22. The van der Waals surface area contributed by atoms with Crippen LogP contribution in [0.25, 0.3) is 61.3 Å². The summed E-state index contributed by atoms with van der Waals surface area (Å²) in [7, 11) is 0. The van der Waals surface area contributed by atoms with E-state index in [1.54, 1.807) is 0 Å². The molecule has 8 aromatic rings. The van der Waals surface area contributed by atoms with E-state index in [4.69, 9.17) is 9.97 Å². The molecule has 0 atom stereocenters. The first-order valence-corrected chi connectivity index (χ1v) is 12.9. The summed E-state index contributed by atoms with van der Waals surface area (Å²) in [5.41, 5.74) is 14.3. The van der Waals surface area contributed by atoms with Gasteiger partial charge < -0.3 is 0 Å². The maximum Gasteiger partial charge on any atom is 0.223 e. The number of imidazole rings is 4. The Morgan fingerprint density at radius 2 is 1.08 bits per heavy atom. The summed E-state index contributed by atoms with van der Waals surface area (Å²) in [6.07, 6.45) is 0. The number of nitrogens with zero attached hydrogens (tertiary/aromatic N) is 5. The van der Waals surface area contributed by atoms with Gasteiger partial charge in [-0.1, -0.05) is 57.2 Å². The molecule has 0 saturated heterocycles. The van der Waals surface area contributed by atoms with Gasteiger partial charge in [-0.15, -0.1) is 0 Å². The molecule has 5 heteroatoms. The summed E-state index contributed by atoms with van der Waals surface area (Å²) >= 11 is 0. The van der Waals surface area contributed by atoms with Gasteiger partial charge in [0.15, 0.2) is 0 Å². The van der Waals surface area contributed by atoms with E-state index in [1.807, 2.05) is 0 Å². The van der Waals surface area contributed by atoms with Crippen molar-refractivity contribution in [3.8, 4) is 11.1 Å². The SMILES string of the molecule is Cc1cc(C(C)(C)C)cc(C)c1-c1cc2c3c(c1)n1c4ccccc4nc1n3c1nc3ccccc3n21. The van der Waals surface area contributed by atoms with E-state index in [0.29, 0.717) is 0 Å². The first-order chi connectivity index (χ1) is 17.8. The second-order valence-corrected chi connectivity index (χ2v) is 11.4. The van der Waals surface area contributed by atoms with Crippen LogP contribution in [0.15, 0.2) is 72.8 Å². The fraction of sp³-hybridized carbons (Fsp3) is 0.188. The highest BCUT2D eigenvalue weighted by molar-refractivity contribution is 6.06. The monoisotopic (exact) mass is 481 g/mol. The van der Waals surface area contributed by atoms with Gasteiger partial charge in [0.05, 0.1) is 33.1 Å². The fourth-order valence-electron chi connectivity index (χ4n) is 6.26. The number of hydrogen-bond acceptors (Lipinski definition) is 2. The standard InChI is InChI=1S/C32H27N5/c1-18-14-21(32(3,4)5)15-19(2)28(18)20-16-26-29-27(17-20)36-25-13-9-7-11-23(25)34-31(36)37(29)30-33-22-10-6-8-12-24(22)35(26)30/h6-17H,1-5H3. The third-order valence-electron chi connectivity index (χ3n) is 7.95. The number of benzene rings is 4. The second kappa shape index (κ2) is 6.68. The van der Waals surface area contributed by atoms with Crippen molar-refractivity contribution < 1.29 is 0 Å². The number of aromatic nitrogens is 5. The molecule has 0 unspecified atom stereocenters. The van der Waals surface area contributed by atoms with Crippen molar-refractivity contribution in [1.29, 1.82) is 0 Å². The van der Waals surface area contributed by atoms with Crippen LogP contribution in [-0.2, 0) is 5.41 Å². The minimum Gasteiger partial charge on any atom is -0.276 e. The van der Waals surface area contributed by atoms with Crippen LogP contribution in [0.3, 0.4) is 0 Å². The predicted octanol–water partition coefficient (Wildman–Crippen LogP) is 7.71. The van der Waals surface area contributed by atoms with E-state index in [-0.39, 0.29) is 5.41 Å². The van der Waals surface area contributed by atoms with Crippen LogP contribution in [0.2, 0.25) is 0 Å². The maximum atomic E-state index is 5.07. The average Bonchev–Trinajstić information content (AvgIpc) is 3.57. The van der Waals surface area contributed by atoms with Crippen molar-refractivity contribution in [2.24, 2.45) is 0 Å². The summed E-state index contributed by atoms with van der Waals surface area (Å²) in [4.78, 5) is 10.1. The van der Waals surface area contributed by atoms with Crippen molar-refractivity contribution in [1.82, 2.24) is 23.2 Å². The van der Waals surface area contributed by atoms with Gasteiger partial charge in [-0.25, -0.2) is 14.4 Å². The Labute approximate surface area is 213 Å².